The minimum atomic E-state index is -0.343. The van der Waals surface area contributed by atoms with E-state index >= 15 is 0 Å². The lowest BCUT2D eigenvalue weighted by Gasteiger charge is -2.19. The van der Waals surface area contributed by atoms with E-state index in [1.165, 1.54) is 17.7 Å². The second kappa shape index (κ2) is 5.84. The largest absolute Gasteiger partial charge is 0.457 e. The van der Waals surface area contributed by atoms with Crippen LogP contribution in [0.2, 0.25) is 0 Å². The van der Waals surface area contributed by atoms with E-state index in [1.54, 1.807) is 6.07 Å². The van der Waals surface area contributed by atoms with Crippen molar-refractivity contribution in [3.8, 4) is 11.5 Å². The Morgan fingerprint density at radius 2 is 1.65 bits per heavy atom. The molecule has 0 unspecified atom stereocenters. The zero-order valence-corrected chi connectivity index (χ0v) is 12.7. The molecule has 0 bridgehead atoms. The molecule has 0 aliphatic heterocycles. The molecule has 0 N–H and O–H groups in total. The Morgan fingerprint density at radius 1 is 1.00 bits per heavy atom. The summed E-state index contributed by atoms with van der Waals surface area (Å²) in [5, 5.41) is 0. The second-order valence-corrected chi connectivity index (χ2v) is 6.07. The van der Waals surface area contributed by atoms with Crippen LogP contribution in [-0.2, 0) is 11.3 Å². The molecule has 1 nitrogen and oxygen atoms in total. The number of halogens is 2. The summed E-state index contributed by atoms with van der Waals surface area (Å²) in [4.78, 5) is 0. The van der Waals surface area contributed by atoms with E-state index < -0.39 is 0 Å². The lowest BCUT2D eigenvalue weighted by molar-refractivity contribution is 0.475. The van der Waals surface area contributed by atoms with Crippen LogP contribution in [0.3, 0.4) is 0 Å². The van der Waals surface area contributed by atoms with Gasteiger partial charge in [0.25, 0.3) is 0 Å². The van der Waals surface area contributed by atoms with Crippen LogP contribution in [0, 0.1) is 5.82 Å². The lowest BCUT2D eigenvalue weighted by Crippen LogP contribution is -2.10. The van der Waals surface area contributed by atoms with Gasteiger partial charge in [0.1, 0.15) is 17.3 Å². The summed E-state index contributed by atoms with van der Waals surface area (Å²) in [6.07, 6.45) is 0. The molecule has 2 rings (SSSR count). The molecule has 0 radical (unpaired) electrons. The molecule has 0 atom stereocenters. The van der Waals surface area contributed by atoms with Crippen molar-refractivity contribution >= 4 is 11.6 Å². The fourth-order valence-corrected chi connectivity index (χ4v) is 2.07. The number of rotatable bonds is 3. The Bertz CT molecular complexity index is 585. The molecule has 0 saturated heterocycles. The van der Waals surface area contributed by atoms with Crippen molar-refractivity contribution in [3.63, 3.8) is 0 Å². The monoisotopic (exact) mass is 292 g/mol. The Hall–Kier alpha value is -1.54. The maximum atomic E-state index is 13.4. The van der Waals surface area contributed by atoms with Crippen molar-refractivity contribution in [2.45, 2.75) is 32.1 Å². The highest BCUT2D eigenvalue weighted by molar-refractivity contribution is 6.17. The highest BCUT2D eigenvalue weighted by Crippen LogP contribution is 2.28. The van der Waals surface area contributed by atoms with Gasteiger partial charge >= 0.3 is 0 Å². The quantitative estimate of drug-likeness (QED) is 0.664. The van der Waals surface area contributed by atoms with Crippen LogP contribution in [0.5, 0.6) is 11.5 Å². The van der Waals surface area contributed by atoms with E-state index in [0.29, 0.717) is 17.1 Å². The molecular weight excluding hydrogens is 275 g/mol. The molecule has 0 saturated carbocycles. The standard InChI is InChI=1S/C17H18ClFO/c1-17(2,3)13-4-6-15(7-5-13)20-16-9-12(11-18)8-14(19)10-16/h4-10H,11H2,1-3H3. The van der Waals surface area contributed by atoms with Gasteiger partial charge in [0.05, 0.1) is 0 Å². The van der Waals surface area contributed by atoms with Crippen LogP contribution < -0.4 is 4.74 Å². The van der Waals surface area contributed by atoms with Gasteiger partial charge in [0, 0.05) is 11.9 Å². The van der Waals surface area contributed by atoms with Crippen molar-refractivity contribution in [2.24, 2.45) is 0 Å². The summed E-state index contributed by atoms with van der Waals surface area (Å²) in [6, 6.07) is 12.3. The zero-order valence-electron chi connectivity index (χ0n) is 11.9. The highest BCUT2D eigenvalue weighted by atomic mass is 35.5. The molecule has 20 heavy (non-hydrogen) atoms. The minimum absolute atomic E-state index is 0.100. The molecule has 0 spiro atoms. The predicted molar refractivity (Wildman–Crippen MR) is 81.2 cm³/mol. The summed E-state index contributed by atoms with van der Waals surface area (Å²) < 4.78 is 19.1. The molecule has 0 aliphatic carbocycles. The Morgan fingerprint density at radius 3 is 2.20 bits per heavy atom. The first-order valence-electron chi connectivity index (χ1n) is 6.52. The fraction of sp³-hybridized carbons (Fsp3) is 0.294. The van der Waals surface area contributed by atoms with E-state index in [2.05, 4.69) is 20.8 Å². The number of hydrogen-bond donors (Lipinski definition) is 0. The van der Waals surface area contributed by atoms with E-state index in [0.717, 1.165) is 0 Å². The third kappa shape index (κ3) is 3.73. The normalized spacial score (nSPS) is 11.4. The average molecular weight is 293 g/mol. The molecule has 2 aromatic carbocycles. The third-order valence-corrected chi connectivity index (χ3v) is 3.35. The summed E-state index contributed by atoms with van der Waals surface area (Å²) >= 11 is 5.72. The van der Waals surface area contributed by atoms with Crippen LogP contribution in [0.25, 0.3) is 0 Å². The molecular formula is C17H18ClFO. The molecule has 3 heteroatoms. The molecule has 0 fully saturated rings. The average Bonchev–Trinajstić information content (AvgIpc) is 2.37. The molecule has 2 aromatic rings. The van der Waals surface area contributed by atoms with Gasteiger partial charge in [-0.05, 0) is 40.8 Å². The smallest absolute Gasteiger partial charge is 0.130 e. The van der Waals surface area contributed by atoms with Gasteiger partial charge in [0.15, 0.2) is 0 Å². The lowest BCUT2D eigenvalue weighted by atomic mass is 9.87. The molecule has 106 valence electrons. The van der Waals surface area contributed by atoms with Crippen LogP contribution >= 0.6 is 11.6 Å². The summed E-state index contributed by atoms with van der Waals surface area (Å²) in [5.41, 5.74) is 2.03. The van der Waals surface area contributed by atoms with Gasteiger partial charge in [-0.3, -0.25) is 0 Å². The predicted octanol–water partition coefficient (Wildman–Crippen LogP) is 5.65. The number of hydrogen-bond acceptors (Lipinski definition) is 1. The first-order chi connectivity index (χ1) is 9.38. The van der Waals surface area contributed by atoms with Crippen molar-refractivity contribution in [2.75, 3.05) is 0 Å². The molecule has 0 aromatic heterocycles. The fourth-order valence-electron chi connectivity index (χ4n) is 1.92. The first-order valence-corrected chi connectivity index (χ1v) is 7.06. The minimum Gasteiger partial charge on any atom is -0.457 e. The van der Waals surface area contributed by atoms with Crippen molar-refractivity contribution < 1.29 is 9.13 Å². The molecule has 0 aliphatic rings. The number of benzene rings is 2. The van der Waals surface area contributed by atoms with E-state index in [4.69, 9.17) is 16.3 Å². The van der Waals surface area contributed by atoms with Gasteiger partial charge in [-0.25, -0.2) is 4.39 Å². The third-order valence-electron chi connectivity index (χ3n) is 3.04. The van der Waals surface area contributed by atoms with Crippen LogP contribution in [0.1, 0.15) is 31.9 Å². The van der Waals surface area contributed by atoms with Gasteiger partial charge in [-0.15, -0.1) is 11.6 Å². The second-order valence-electron chi connectivity index (χ2n) is 5.81. The van der Waals surface area contributed by atoms with Gasteiger partial charge < -0.3 is 4.74 Å². The Labute approximate surface area is 124 Å². The number of ether oxygens (including phenoxy) is 1. The Kier molecular flexibility index (Phi) is 4.34. The summed E-state index contributed by atoms with van der Waals surface area (Å²) in [7, 11) is 0. The van der Waals surface area contributed by atoms with Crippen LogP contribution in [0.4, 0.5) is 4.39 Å². The maximum absolute atomic E-state index is 13.4. The Balaban J connectivity index is 2.20. The first kappa shape index (κ1) is 14.9. The van der Waals surface area contributed by atoms with Crippen molar-refractivity contribution in [3.05, 3.63) is 59.4 Å². The highest BCUT2D eigenvalue weighted by Gasteiger charge is 2.13. The van der Waals surface area contributed by atoms with Crippen molar-refractivity contribution in [1.29, 1.82) is 0 Å². The summed E-state index contributed by atoms with van der Waals surface area (Å²) in [5.74, 6) is 1.06. The number of alkyl halides is 1. The van der Waals surface area contributed by atoms with E-state index in [1.807, 2.05) is 24.3 Å². The zero-order chi connectivity index (χ0) is 14.8. The molecule has 0 heterocycles. The SMILES string of the molecule is CC(C)(C)c1ccc(Oc2cc(F)cc(CCl)c2)cc1. The van der Waals surface area contributed by atoms with E-state index in [-0.39, 0.29) is 17.1 Å². The van der Waals surface area contributed by atoms with Gasteiger partial charge in [-0.1, -0.05) is 32.9 Å². The van der Waals surface area contributed by atoms with E-state index in [9.17, 15) is 4.39 Å². The van der Waals surface area contributed by atoms with Gasteiger partial charge in [-0.2, -0.15) is 0 Å². The molecule has 0 amide bonds. The maximum Gasteiger partial charge on any atom is 0.130 e. The van der Waals surface area contributed by atoms with Crippen molar-refractivity contribution in [1.82, 2.24) is 0 Å². The summed E-state index contributed by atoms with van der Waals surface area (Å²) in [6.45, 7) is 6.46. The van der Waals surface area contributed by atoms with Crippen LogP contribution in [-0.4, -0.2) is 0 Å². The van der Waals surface area contributed by atoms with Crippen LogP contribution in [0.15, 0.2) is 42.5 Å². The van der Waals surface area contributed by atoms with Gasteiger partial charge in [0.2, 0.25) is 0 Å². The topological polar surface area (TPSA) is 9.23 Å².